The van der Waals surface area contributed by atoms with Crippen molar-refractivity contribution < 1.29 is 25.3 Å². The summed E-state index contributed by atoms with van der Waals surface area (Å²) in [6.07, 6.45) is 16.3. The van der Waals surface area contributed by atoms with Gasteiger partial charge in [0.15, 0.2) is 0 Å². The summed E-state index contributed by atoms with van der Waals surface area (Å²) in [5.41, 5.74) is 0. The minimum atomic E-state index is -2.17. The zero-order valence-corrected chi connectivity index (χ0v) is 14.3. The fourth-order valence-corrected chi connectivity index (χ4v) is 2.31. The maximum Gasteiger partial charge on any atom is 0.631 e. The van der Waals surface area contributed by atoms with Gasteiger partial charge in [0.1, 0.15) is 0 Å². The number of unbranched alkanes of at least 4 members (excludes halogenated alkanes) is 11. The van der Waals surface area contributed by atoms with E-state index in [2.05, 4.69) is 6.92 Å². The zero-order valence-electron chi connectivity index (χ0n) is 14.3. The van der Waals surface area contributed by atoms with E-state index in [4.69, 9.17) is 25.3 Å². The quantitative estimate of drug-likeness (QED) is 0.250. The molecule has 0 aromatic carbocycles. The molecule has 6 heteroatoms. The van der Waals surface area contributed by atoms with Crippen molar-refractivity contribution in [2.45, 2.75) is 96.5 Å². The Kier molecular flexibility index (Phi) is 22.9. The van der Waals surface area contributed by atoms with Gasteiger partial charge in [-0.3, -0.25) is 0 Å². The van der Waals surface area contributed by atoms with Crippen LogP contribution in [0.15, 0.2) is 0 Å². The van der Waals surface area contributed by atoms with Gasteiger partial charge in [-0.15, -0.1) is 0 Å². The van der Waals surface area contributed by atoms with Crippen molar-refractivity contribution in [2.24, 2.45) is 0 Å². The monoisotopic (exact) mass is 320 g/mol. The van der Waals surface area contributed by atoms with Crippen LogP contribution in [0.25, 0.3) is 0 Å². The summed E-state index contributed by atoms with van der Waals surface area (Å²) < 4.78 is 0. The molecule has 5 nitrogen and oxygen atoms in total. The second kappa shape index (κ2) is 20.9. The highest BCUT2D eigenvalue weighted by Crippen LogP contribution is 2.12. The van der Waals surface area contributed by atoms with Crippen LogP contribution in [0.2, 0.25) is 0 Å². The van der Waals surface area contributed by atoms with E-state index in [0.717, 1.165) is 12.8 Å². The van der Waals surface area contributed by atoms with Gasteiger partial charge in [-0.2, -0.15) is 0 Å². The zero-order chi connectivity index (χ0) is 17.1. The molecule has 22 heavy (non-hydrogen) atoms. The summed E-state index contributed by atoms with van der Waals surface area (Å²) in [7, 11) is -2.17. The molecule has 0 saturated carbocycles. The standard InChI is InChI=1S/C16H34O2.BH3O3/c1-2-3-4-5-6-7-8-9-10-11-12-13-14-16(18)15-17;2-1(3)4/h16-18H,2-15H2,1H3;2-4H. The van der Waals surface area contributed by atoms with Gasteiger partial charge in [-0.05, 0) is 6.42 Å². The van der Waals surface area contributed by atoms with Gasteiger partial charge < -0.3 is 25.3 Å². The summed E-state index contributed by atoms with van der Waals surface area (Å²) in [5.74, 6) is 0. The van der Waals surface area contributed by atoms with E-state index in [9.17, 15) is 0 Å². The van der Waals surface area contributed by atoms with Crippen LogP contribution >= 0.6 is 0 Å². The molecule has 0 heterocycles. The van der Waals surface area contributed by atoms with E-state index >= 15 is 0 Å². The average molecular weight is 320 g/mol. The Labute approximate surface area is 136 Å². The van der Waals surface area contributed by atoms with Crippen LogP contribution in [-0.2, 0) is 0 Å². The van der Waals surface area contributed by atoms with E-state index in [0.29, 0.717) is 0 Å². The summed E-state index contributed by atoms with van der Waals surface area (Å²) in [6.45, 7) is 2.18. The van der Waals surface area contributed by atoms with Crippen molar-refractivity contribution in [3.8, 4) is 0 Å². The molecule has 0 amide bonds. The summed E-state index contributed by atoms with van der Waals surface area (Å²) in [4.78, 5) is 0. The van der Waals surface area contributed by atoms with Crippen molar-refractivity contribution in [2.75, 3.05) is 6.61 Å². The molecule has 0 aromatic heterocycles. The topological polar surface area (TPSA) is 101 Å². The van der Waals surface area contributed by atoms with Gasteiger partial charge >= 0.3 is 7.32 Å². The first-order chi connectivity index (χ1) is 10.5. The van der Waals surface area contributed by atoms with Crippen molar-refractivity contribution in [3.05, 3.63) is 0 Å². The lowest BCUT2D eigenvalue weighted by Crippen LogP contribution is -2.10. The van der Waals surface area contributed by atoms with Crippen LogP contribution in [-0.4, -0.2) is 45.3 Å². The van der Waals surface area contributed by atoms with Gasteiger partial charge in [-0.25, -0.2) is 0 Å². The lowest BCUT2D eigenvalue weighted by atomic mass is 10.0. The number of aliphatic hydroxyl groups excluding tert-OH is 2. The second-order valence-corrected chi connectivity index (χ2v) is 5.86. The molecular weight excluding hydrogens is 283 g/mol. The normalized spacial score (nSPS) is 11.7. The molecule has 5 N–H and O–H groups in total. The Morgan fingerprint density at radius 3 is 1.32 bits per heavy atom. The number of aliphatic hydroxyl groups is 2. The highest BCUT2D eigenvalue weighted by atomic mass is 16.5. The van der Waals surface area contributed by atoms with Gasteiger partial charge in [0.25, 0.3) is 0 Å². The molecule has 134 valence electrons. The van der Waals surface area contributed by atoms with E-state index in [-0.39, 0.29) is 6.61 Å². The Hall–Kier alpha value is -0.135. The molecule has 0 aromatic rings. The highest BCUT2D eigenvalue weighted by molar-refractivity contribution is 6.30. The van der Waals surface area contributed by atoms with Crippen LogP contribution in [0.1, 0.15) is 90.4 Å². The minimum absolute atomic E-state index is 0.0853. The Morgan fingerprint density at radius 1 is 0.682 bits per heavy atom. The largest absolute Gasteiger partial charge is 0.631 e. The molecule has 0 saturated heterocycles. The van der Waals surface area contributed by atoms with Crippen molar-refractivity contribution in [1.82, 2.24) is 0 Å². The molecule has 0 rings (SSSR count). The molecule has 0 radical (unpaired) electrons. The number of hydrogen-bond acceptors (Lipinski definition) is 5. The summed E-state index contributed by atoms with van der Waals surface area (Å²) >= 11 is 0. The molecule has 0 aliphatic heterocycles. The maximum absolute atomic E-state index is 9.17. The molecule has 0 bridgehead atoms. The van der Waals surface area contributed by atoms with E-state index < -0.39 is 13.4 Å². The second-order valence-electron chi connectivity index (χ2n) is 5.86. The highest BCUT2D eigenvalue weighted by Gasteiger charge is 2.00. The fraction of sp³-hybridized carbons (Fsp3) is 1.00. The average Bonchev–Trinajstić information content (AvgIpc) is 2.47. The first-order valence-electron chi connectivity index (χ1n) is 8.87. The predicted molar refractivity (Wildman–Crippen MR) is 91.2 cm³/mol. The van der Waals surface area contributed by atoms with E-state index in [1.165, 1.54) is 70.6 Å². The molecule has 0 aliphatic rings. The van der Waals surface area contributed by atoms with Gasteiger partial charge in [0.2, 0.25) is 0 Å². The van der Waals surface area contributed by atoms with Crippen LogP contribution in [0.3, 0.4) is 0 Å². The number of hydrogen-bond donors (Lipinski definition) is 5. The molecule has 1 atom stereocenters. The third kappa shape index (κ3) is 28.1. The van der Waals surface area contributed by atoms with Gasteiger partial charge in [0.05, 0.1) is 12.7 Å². The molecule has 1 unspecified atom stereocenters. The van der Waals surface area contributed by atoms with E-state index in [1.807, 2.05) is 0 Å². The van der Waals surface area contributed by atoms with Crippen LogP contribution in [0, 0.1) is 0 Å². The van der Waals surface area contributed by atoms with Crippen molar-refractivity contribution >= 4 is 7.32 Å². The van der Waals surface area contributed by atoms with E-state index in [1.54, 1.807) is 0 Å². The van der Waals surface area contributed by atoms with Gasteiger partial charge in [-0.1, -0.05) is 84.0 Å². The Balaban J connectivity index is 0. The first-order valence-corrected chi connectivity index (χ1v) is 8.87. The molecular formula is C16H37BO5. The Bertz CT molecular complexity index is 191. The smallest absolute Gasteiger partial charge is 0.402 e. The summed E-state index contributed by atoms with van der Waals surface area (Å²) in [5, 5.41) is 39.3. The fourth-order valence-electron chi connectivity index (χ4n) is 2.31. The SMILES string of the molecule is CCCCCCCCCCCCCCC(O)CO.OB(O)O. The van der Waals surface area contributed by atoms with Crippen LogP contribution < -0.4 is 0 Å². The molecule has 0 fully saturated rings. The lowest BCUT2D eigenvalue weighted by Gasteiger charge is -2.06. The van der Waals surface area contributed by atoms with Gasteiger partial charge in [0, 0.05) is 0 Å². The lowest BCUT2D eigenvalue weighted by molar-refractivity contribution is 0.0860. The molecule has 0 spiro atoms. The van der Waals surface area contributed by atoms with Crippen molar-refractivity contribution in [1.29, 1.82) is 0 Å². The summed E-state index contributed by atoms with van der Waals surface area (Å²) in [6, 6.07) is 0. The minimum Gasteiger partial charge on any atom is -0.402 e. The van der Waals surface area contributed by atoms with Crippen LogP contribution in [0.4, 0.5) is 0 Å². The number of rotatable bonds is 14. The third-order valence-corrected chi connectivity index (χ3v) is 3.60. The predicted octanol–water partition coefficient (Wildman–Crippen LogP) is 2.38. The maximum atomic E-state index is 9.17. The van der Waals surface area contributed by atoms with Crippen molar-refractivity contribution in [3.63, 3.8) is 0 Å². The third-order valence-electron chi connectivity index (χ3n) is 3.60. The first kappa shape index (κ1) is 24.1. The molecule has 0 aliphatic carbocycles. The van der Waals surface area contributed by atoms with Crippen LogP contribution in [0.5, 0.6) is 0 Å². The Morgan fingerprint density at radius 2 is 1.00 bits per heavy atom.